The Hall–Kier alpha value is -0.910. The molecule has 0 saturated carbocycles. The summed E-state index contributed by atoms with van der Waals surface area (Å²) in [5.74, 6) is -0.829. The molecule has 70 valence electrons. The van der Waals surface area contributed by atoms with Crippen molar-refractivity contribution >= 4 is 23.2 Å². The zero-order valence-corrected chi connectivity index (χ0v) is 7.47. The molecule has 0 rings (SSSR count). The van der Waals surface area contributed by atoms with Gasteiger partial charge in [0.05, 0.1) is 0 Å². The summed E-state index contributed by atoms with van der Waals surface area (Å²) in [5, 5.41) is 10.6. The molecule has 2 atom stereocenters. The van der Waals surface area contributed by atoms with Gasteiger partial charge in [-0.15, -0.1) is 0 Å². The second-order valence-electron chi connectivity index (χ2n) is 2.24. The van der Waals surface area contributed by atoms with Crippen molar-refractivity contribution in [3.63, 3.8) is 0 Å². The van der Waals surface area contributed by atoms with Crippen LogP contribution in [-0.2, 0) is 20.4 Å². The predicted molar refractivity (Wildman–Crippen MR) is 44.2 cm³/mol. The molecule has 0 aliphatic heterocycles. The van der Waals surface area contributed by atoms with E-state index in [9.17, 15) is 13.8 Å². The molecule has 0 bridgehead atoms. The molecule has 6 heteroatoms. The van der Waals surface area contributed by atoms with Gasteiger partial charge < -0.3 is 10.4 Å². The molecule has 1 amide bonds. The Kier molecular flexibility index (Phi) is 5.27. The first-order valence-corrected chi connectivity index (χ1v) is 5.03. The summed E-state index contributed by atoms with van der Waals surface area (Å²) in [6.45, 7) is 0. The number of carboxylic acid groups (broad SMARTS) is 1. The molecule has 0 radical (unpaired) electrons. The molecule has 0 heterocycles. The number of amides is 1. The molecule has 0 spiro atoms. The first-order valence-electron chi connectivity index (χ1n) is 3.30. The van der Waals surface area contributed by atoms with E-state index in [1.807, 2.05) is 0 Å². The first-order chi connectivity index (χ1) is 5.57. The van der Waals surface area contributed by atoms with Crippen LogP contribution in [-0.4, -0.2) is 39.7 Å². The molecule has 0 aliphatic carbocycles. The monoisotopic (exact) mass is 193 g/mol. The van der Waals surface area contributed by atoms with Crippen molar-refractivity contribution in [3.8, 4) is 0 Å². The van der Waals surface area contributed by atoms with Gasteiger partial charge >= 0.3 is 5.97 Å². The fraction of sp³-hybridized carbons (Fsp3) is 0.667. The number of carbonyl (C=O) groups excluding carboxylic acids is 1. The third-order valence-corrected chi connectivity index (χ3v) is 2.07. The summed E-state index contributed by atoms with van der Waals surface area (Å²) in [6, 6.07) is -0.925. The molecule has 5 nitrogen and oxygen atoms in total. The SMILES string of the molecule is CS(=O)CC[C@@H](NC=O)C(=O)O. The van der Waals surface area contributed by atoms with Crippen molar-refractivity contribution < 1.29 is 18.9 Å². The minimum atomic E-state index is -1.10. The van der Waals surface area contributed by atoms with Crippen molar-refractivity contribution in [1.82, 2.24) is 5.32 Å². The van der Waals surface area contributed by atoms with Gasteiger partial charge in [-0.05, 0) is 6.42 Å². The lowest BCUT2D eigenvalue weighted by Crippen LogP contribution is -2.36. The van der Waals surface area contributed by atoms with Crippen LogP contribution in [0.3, 0.4) is 0 Å². The predicted octanol–water partition coefficient (Wildman–Crippen LogP) is -1.05. The molecule has 0 aromatic heterocycles. The number of carbonyl (C=O) groups is 2. The lowest BCUT2D eigenvalue weighted by Gasteiger charge is -2.08. The van der Waals surface area contributed by atoms with Crippen LogP contribution in [0.5, 0.6) is 0 Å². The maximum Gasteiger partial charge on any atom is 0.326 e. The molecular weight excluding hydrogens is 182 g/mol. The number of hydrogen-bond acceptors (Lipinski definition) is 3. The largest absolute Gasteiger partial charge is 0.480 e. The second-order valence-corrected chi connectivity index (χ2v) is 3.80. The fourth-order valence-electron chi connectivity index (χ4n) is 0.644. The molecular formula is C6H11NO4S. The van der Waals surface area contributed by atoms with Gasteiger partial charge in [-0.2, -0.15) is 0 Å². The lowest BCUT2D eigenvalue weighted by molar-refractivity contribution is -0.140. The van der Waals surface area contributed by atoms with Gasteiger partial charge in [0.1, 0.15) is 6.04 Å². The van der Waals surface area contributed by atoms with Gasteiger partial charge in [-0.1, -0.05) is 0 Å². The number of aliphatic carboxylic acids is 1. The summed E-state index contributed by atoms with van der Waals surface area (Å²) >= 11 is 0. The van der Waals surface area contributed by atoms with Crippen LogP contribution in [0.4, 0.5) is 0 Å². The highest BCUT2D eigenvalue weighted by Gasteiger charge is 2.15. The molecule has 12 heavy (non-hydrogen) atoms. The summed E-state index contributed by atoms with van der Waals surface area (Å²) in [4.78, 5) is 20.3. The minimum Gasteiger partial charge on any atom is -0.480 e. The molecule has 0 fully saturated rings. The quantitative estimate of drug-likeness (QED) is 0.527. The summed E-state index contributed by atoms with van der Waals surface area (Å²) in [5.41, 5.74) is 0. The first kappa shape index (κ1) is 11.1. The van der Waals surface area contributed by atoms with E-state index < -0.39 is 22.8 Å². The van der Waals surface area contributed by atoms with Gasteiger partial charge in [0, 0.05) is 22.8 Å². The molecule has 0 aromatic carbocycles. The number of nitrogens with one attached hydrogen (secondary N) is 1. The summed E-state index contributed by atoms with van der Waals surface area (Å²) in [6.07, 6.45) is 2.01. The van der Waals surface area contributed by atoms with Crippen LogP contribution in [0.1, 0.15) is 6.42 Å². The van der Waals surface area contributed by atoms with Crippen LogP contribution in [0, 0.1) is 0 Å². The summed E-state index contributed by atoms with van der Waals surface area (Å²) < 4.78 is 10.6. The van der Waals surface area contributed by atoms with E-state index in [4.69, 9.17) is 5.11 Å². The molecule has 0 saturated heterocycles. The number of hydrogen-bond donors (Lipinski definition) is 2. The van der Waals surface area contributed by atoms with Crippen LogP contribution >= 0.6 is 0 Å². The topological polar surface area (TPSA) is 83.5 Å². The van der Waals surface area contributed by atoms with Gasteiger partial charge in [-0.25, -0.2) is 4.79 Å². The van der Waals surface area contributed by atoms with E-state index in [1.165, 1.54) is 6.26 Å². The van der Waals surface area contributed by atoms with Crippen molar-refractivity contribution in [2.45, 2.75) is 12.5 Å². The maximum absolute atomic E-state index is 10.6. The van der Waals surface area contributed by atoms with E-state index in [0.717, 1.165) is 0 Å². The highest BCUT2D eigenvalue weighted by Crippen LogP contribution is 1.93. The van der Waals surface area contributed by atoms with Crippen molar-refractivity contribution in [2.75, 3.05) is 12.0 Å². The smallest absolute Gasteiger partial charge is 0.326 e. The molecule has 0 aromatic rings. The van der Waals surface area contributed by atoms with Crippen LogP contribution in [0.15, 0.2) is 0 Å². The Morgan fingerprint density at radius 3 is 2.67 bits per heavy atom. The van der Waals surface area contributed by atoms with E-state index in [2.05, 4.69) is 5.32 Å². The Labute approximate surface area is 72.6 Å². The van der Waals surface area contributed by atoms with Gasteiger partial charge in [0.2, 0.25) is 6.41 Å². The third kappa shape index (κ3) is 4.84. The van der Waals surface area contributed by atoms with Gasteiger partial charge in [0.25, 0.3) is 0 Å². The van der Waals surface area contributed by atoms with E-state index in [-0.39, 0.29) is 12.2 Å². The average molecular weight is 193 g/mol. The average Bonchev–Trinajstić information content (AvgIpc) is 1.96. The number of carboxylic acids is 1. The lowest BCUT2D eigenvalue weighted by atomic mass is 10.2. The Bertz CT molecular complexity index is 194. The zero-order valence-electron chi connectivity index (χ0n) is 6.65. The molecule has 1 unspecified atom stereocenters. The Morgan fingerprint density at radius 2 is 2.33 bits per heavy atom. The zero-order chi connectivity index (χ0) is 9.56. The van der Waals surface area contributed by atoms with Crippen LogP contribution in [0.25, 0.3) is 0 Å². The normalized spacial score (nSPS) is 14.8. The highest BCUT2D eigenvalue weighted by molar-refractivity contribution is 7.84. The second kappa shape index (κ2) is 5.70. The van der Waals surface area contributed by atoms with Crippen molar-refractivity contribution in [2.24, 2.45) is 0 Å². The van der Waals surface area contributed by atoms with Crippen LogP contribution < -0.4 is 5.32 Å². The van der Waals surface area contributed by atoms with Gasteiger partial charge in [0.15, 0.2) is 0 Å². The van der Waals surface area contributed by atoms with Gasteiger partial charge in [-0.3, -0.25) is 9.00 Å². The van der Waals surface area contributed by atoms with Crippen molar-refractivity contribution in [3.05, 3.63) is 0 Å². The van der Waals surface area contributed by atoms with E-state index in [1.54, 1.807) is 0 Å². The Balaban J connectivity index is 3.86. The maximum atomic E-state index is 10.6. The number of rotatable bonds is 6. The Morgan fingerprint density at radius 1 is 1.75 bits per heavy atom. The van der Waals surface area contributed by atoms with E-state index >= 15 is 0 Å². The molecule has 2 N–H and O–H groups in total. The molecule has 0 aliphatic rings. The highest BCUT2D eigenvalue weighted by atomic mass is 32.2. The minimum absolute atomic E-state index is 0.192. The fourth-order valence-corrected chi connectivity index (χ4v) is 1.21. The third-order valence-electron chi connectivity index (χ3n) is 1.26. The van der Waals surface area contributed by atoms with Crippen molar-refractivity contribution in [1.29, 1.82) is 0 Å². The summed E-state index contributed by atoms with van der Waals surface area (Å²) in [7, 11) is -1.03. The standard InChI is InChI=1S/C6H11NO4S/c1-12(11)3-2-5(6(9)10)7-4-8/h4-5H,2-3H2,1H3,(H,7,8)(H,9,10)/t5-,12?/m1/s1. The van der Waals surface area contributed by atoms with Crippen LogP contribution in [0.2, 0.25) is 0 Å². The van der Waals surface area contributed by atoms with E-state index in [0.29, 0.717) is 6.41 Å².